The van der Waals surface area contributed by atoms with Crippen LogP contribution < -0.4 is 0 Å². The number of aromatic nitrogens is 6. The molecule has 0 saturated carbocycles. The van der Waals surface area contributed by atoms with Gasteiger partial charge in [-0.15, -0.1) is 0 Å². The minimum atomic E-state index is -0.199. The number of likely N-dealkylation sites (tertiary alicyclic amines) is 1. The first-order chi connectivity index (χ1) is 14.2. The summed E-state index contributed by atoms with van der Waals surface area (Å²) in [5.74, 6) is 0.967. The number of H-pyrrole nitrogens is 1. The van der Waals surface area contributed by atoms with Gasteiger partial charge in [0.2, 0.25) is 0 Å². The van der Waals surface area contributed by atoms with Crippen LogP contribution in [0.2, 0.25) is 0 Å². The molecule has 29 heavy (non-hydrogen) atoms. The van der Waals surface area contributed by atoms with Gasteiger partial charge in [0.15, 0.2) is 11.5 Å². The quantitative estimate of drug-likeness (QED) is 0.731. The summed E-state index contributed by atoms with van der Waals surface area (Å²) in [6.45, 7) is 0.682. The molecule has 1 aliphatic carbocycles. The van der Waals surface area contributed by atoms with Crippen LogP contribution in [0.1, 0.15) is 72.1 Å². The number of nitrogens with zero attached hydrogens (tertiary/aromatic N) is 6. The number of hydrogen-bond acceptors (Lipinski definition) is 6. The predicted octanol–water partition coefficient (Wildman–Crippen LogP) is 2.83. The fraction of sp³-hybridized carbons (Fsp3) is 0.550. The van der Waals surface area contributed by atoms with Gasteiger partial charge in [-0.1, -0.05) is 18.0 Å². The fourth-order valence-corrected chi connectivity index (χ4v) is 4.43. The van der Waals surface area contributed by atoms with Crippen LogP contribution >= 0.6 is 0 Å². The van der Waals surface area contributed by atoms with Gasteiger partial charge >= 0.3 is 0 Å². The highest BCUT2D eigenvalue weighted by Crippen LogP contribution is 2.32. The number of aromatic amines is 1. The van der Waals surface area contributed by atoms with Crippen LogP contribution in [0.3, 0.4) is 0 Å². The third-order valence-electron chi connectivity index (χ3n) is 5.96. The van der Waals surface area contributed by atoms with E-state index in [4.69, 9.17) is 4.52 Å². The molecule has 3 aromatic heterocycles. The van der Waals surface area contributed by atoms with Crippen LogP contribution in [0.25, 0.3) is 11.5 Å². The van der Waals surface area contributed by atoms with E-state index in [2.05, 4.69) is 25.4 Å². The summed E-state index contributed by atoms with van der Waals surface area (Å²) in [6.07, 6.45) is 11.6. The van der Waals surface area contributed by atoms with Crippen molar-refractivity contribution in [1.82, 2.24) is 35.0 Å². The average Bonchev–Trinajstić information content (AvgIpc) is 3.44. The minimum absolute atomic E-state index is 0.0240. The molecule has 152 valence electrons. The number of hydrogen-bond donors (Lipinski definition) is 1. The monoisotopic (exact) mass is 395 g/mol. The molecule has 1 fully saturated rings. The van der Waals surface area contributed by atoms with Gasteiger partial charge in [0.1, 0.15) is 0 Å². The summed E-state index contributed by atoms with van der Waals surface area (Å²) >= 11 is 0. The molecule has 1 N–H and O–H groups in total. The van der Waals surface area contributed by atoms with E-state index in [-0.39, 0.29) is 11.9 Å². The molecule has 2 aliphatic rings. The summed E-state index contributed by atoms with van der Waals surface area (Å²) < 4.78 is 7.19. The number of carbonyl (C=O) groups excluding carboxylic acids is 1. The van der Waals surface area contributed by atoms with Crippen molar-refractivity contribution in [3.05, 3.63) is 35.2 Å². The van der Waals surface area contributed by atoms with E-state index in [1.165, 1.54) is 0 Å². The molecular formula is C20H25N7O2. The average molecular weight is 395 g/mol. The Kier molecular flexibility index (Phi) is 4.65. The second kappa shape index (κ2) is 7.46. The number of carbonyl (C=O) groups is 1. The summed E-state index contributed by atoms with van der Waals surface area (Å²) in [4.78, 5) is 20.0. The zero-order chi connectivity index (χ0) is 19.8. The van der Waals surface area contributed by atoms with Crippen LogP contribution in [-0.4, -0.2) is 47.5 Å². The van der Waals surface area contributed by atoms with E-state index in [0.717, 1.165) is 68.2 Å². The standard InChI is InChI=1S/C20H25N7O2/c1-26-12-13(11-21-26)19-22-18(25-29-19)16-9-3-2-6-10-27(16)20(28)17-14-7-4-5-8-15(14)23-24-17/h11-12,16H,2-10H2,1H3,(H,23,24). The molecule has 0 radical (unpaired) electrons. The van der Waals surface area contributed by atoms with Crippen molar-refractivity contribution in [2.75, 3.05) is 6.54 Å². The van der Waals surface area contributed by atoms with E-state index in [1.807, 2.05) is 18.1 Å². The van der Waals surface area contributed by atoms with E-state index < -0.39 is 0 Å². The van der Waals surface area contributed by atoms with Gasteiger partial charge in [0.25, 0.3) is 11.8 Å². The predicted molar refractivity (Wildman–Crippen MR) is 104 cm³/mol. The lowest BCUT2D eigenvalue weighted by molar-refractivity contribution is 0.0663. The molecule has 1 amide bonds. The number of nitrogens with one attached hydrogen (secondary N) is 1. The topological polar surface area (TPSA) is 106 Å². The Bertz CT molecular complexity index is 1020. The first-order valence-corrected chi connectivity index (χ1v) is 10.4. The van der Waals surface area contributed by atoms with Gasteiger partial charge in [-0.05, 0) is 38.5 Å². The lowest BCUT2D eigenvalue weighted by Crippen LogP contribution is -2.36. The molecule has 4 heterocycles. The number of amides is 1. The molecule has 0 aromatic carbocycles. The Balaban J connectivity index is 1.45. The lowest BCUT2D eigenvalue weighted by Gasteiger charge is -2.27. The second-order valence-corrected chi connectivity index (χ2v) is 7.96. The maximum Gasteiger partial charge on any atom is 0.275 e. The molecule has 9 heteroatoms. The first kappa shape index (κ1) is 18.1. The SMILES string of the molecule is Cn1cc(-c2nc(C3CCCCCN3C(=O)c3n[nH]c4c3CCCC4)no2)cn1. The molecule has 1 atom stereocenters. The zero-order valence-corrected chi connectivity index (χ0v) is 16.6. The summed E-state index contributed by atoms with van der Waals surface area (Å²) in [5, 5.41) is 15.9. The van der Waals surface area contributed by atoms with Gasteiger partial charge in [-0.25, -0.2) is 0 Å². The van der Waals surface area contributed by atoms with Gasteiger partial charge in [0, 0.05) is 31.0 Å². The Morgan fingerprint density at radius 1 is 1.21 bits per heavy atom. The smallest absolute Gasteiger partial charge is 0.275 e. The number of fused-ring (bicyclic) bond motifs is 1. The van der Waals surface area contributed by atoms with E-state index >= 15 is 0 Å². The zero-order valence-electron chi connectivity index (χ0n) is 16.6. The molecule has 1 unspecified atom stereocenters. The van der Waals surface area contributed by atoms with E-state index in [1.54, 1.807) is 10.9 Å². The highest BCUT2D eigenvalue weighted by atomic mass is 16.5. The van der Waals surface area contributed by atoms with Gasteiger partial charge in [0.05, 0.1) is 17.8 Å². The van der Waals surface area contributed by atoms with E-state index in [9.17, 15) is 4.79 Å². The Labute approximate surface area is 168 Å². The third-order valence-corrected chi connectivity index (χ3v) is 5.96. The van der Waals surface area contributed by atoms with Gasteiger partial charge in [-0.3, -0.25) is 14.6 Å². The molecule has 9 nitrogen and oxygen atoms in total. The number of rotatable bonds is 3. The van der Waals surface area contributed by atoms with Crippen LogP contribution in [0, 0.1) is 0 Å². The van der Waals surface area contributed by atoms with Crippen molar-refractivity contribution >= 4 is 5.91 Å². The normalized spacial score (nSPS) is 19.8. The highest BCUT2D eigenvalue weighted by Gasteiger charge is 2.34. The van der Waals surface area contributed by atoms with Crippen LogP contribution in [0.15, 0.2) is 16.9 Å². The van der Waals surface area contributed by atoms with Gasteiger partial charge in [-0.2, -0.15) is 15.2 Å². The molecule has 5 rings (SSSR count). The van der Waals surface area contributed by atoms with Crippen molar-refractivity contribution in [2.24, 2.45) is 7.05 Å². The maximum absolute atomic E-state index is 13.5. The largest absolute Gasteiger partial charge is 0.334 e. The molecule has 1 saturated heterocycles. The van der Waals surface area contributed by atoms with Crippen molar-refractivity contribution < 1.29 is 9.32 Å². The number of aryl methyl sites for hydroxylation is 2. The Morgan fingerprint density at radius 2 is 2.10 bits per heavy atom. The first-order valence-electron chi connectivity index (χ1n) is 10.4. The fourth-order valence-electron chi connectivity index (χ4n) is 4.43. The Hall–Kier alpha value is -2.97. The van der Waals surface area contributed by atoms with Crippen molar-refractivity contribution in [2.45, 2.75) is 57.4 Å². The van der Waals surface area contributed by atoms with Crippen molar-refractivity contribution in [3.8, 4) is 11.5 Å². The minimum Gasteiger partial charge on any atom is -0.334 e. The molecular weight excluding hydrogens is 370 g/mol. The summed E-state index contributed by atoms with van der Waals surface area (Å²) in [7, 11) is 1.84. The van der Waals surface area contributed by atoms with Gasteiger partial charge < -0.3 is 9.42 Å². The van der Waals surface area contributed by atoms with Crippen molar-refractivity contribution in [1.29, 1.82) is 0 Å². The van der Waals surface area contributed by atoms with E-state index in [0.29, 0.717) is 24.0 Å². The van der Waals surface area contributed by atoms with Crippen molar-refractivity contribution in [3.63, 3.8) is 0 Å². The molecule has 0 spiro atoms. The second-order valence-electron chi connectivity index (χ2n) is 7.96. The summed E-state index contributed by atoms with van der Waals surface area (Å²) in [6, 6.07) is -0.199. The molecule has 1 aliphatic heterocycles. The summed E-state index contributed by atoms with van der Waals surface area (Å²) in [5.41, 5.74) is 3.56. The van der Waals surface area contributed by atoms with Crippen LogP contribution in [0.4, 0.5) is 0 Å². The molecule has 3 aromatic rings. The van der Waals surface area contributed by atoms with Crippen LogP contribution in [-0.2, 0) is 19.9 Å². The third kappa shape index (κ3) is 3.34. The Morgan fingerprint density at radius 3 is 2.97 bits per heavy atom. The van der Waals surface area contributed by atoms with Crippen LogP contribution in [0.5, 0.6) is 0 Å². The molecule has 0 bridgehead atoms. The lowest BCUT2D eigenvalue weighted by atomic mass is 9.95. The highest BCUT2D eigenvalue weighted by molar-refractivity contribution is 5.94. The maximum atomic E-state index is 13.5.